The fourth-order valence-electron chi connectivity index (χ4n) is 1.06. The third-order valence-corrected chi connectivity index (χ3v) is 1.66. The molecule has 0 fully saturated rings. The van der Waals surface area contributed by atoms with Gasteiger partial charge in [0.25, 0.3) is 0 Å². The summed E-state index contributed by atoms with van der Waals surface area (Å²) in [5.74, 6) is 0. The lowest BCUT2D eigenvalue weighted by molar-refractivity contribution is 0.755. The van der Waals surface area contributed by atoms with Crippen LogP contribution in [-0.4, -0.2) is 14.1 Å². The molecule has 1 rings (SSSR count). The van der Waals surface area contributed by atoms with Gasteiger partial charge in [-0.1, -0.05) is 12.2 Å². The zero-order chi connectivity index (χ0) is 11.4. The summed E-state index contributed by atoms with van der Waals surface area (Å²) in [6, 6.07) is 0. The Kier molecular flexibility index (Phi) is 3.22. The number of nitrogens with zero attached hydrogens (tertiary/aromatic N) is 2. The predicted octanol–water partition coefficient (Wildman–Crippen LogP) is -0.320. The maximum Gasteiger partial charge on any atom is 0.344 e. The van der Waals surface area contributed by atoms with Gasteiger partial charge in [0.05, 0.1) is 0 Å². The second-order valence-corrected chi connectivity index (χ2v) is 2.72. The van der Waals surface area contributed by atoms with Gasteiger partial charge in [0.15, 0.2) is 0 Å². The molecular weight excluding hydrogens is 198 g/mol. The molecule has 0 saturated carbocycles. The highest BCUT2D eigenvalue weighted by molar-refractivity contribution is 5.23. The maximum atomic E-state index is 11.6. The first kappa shape index (κ1) is 11.0. The summed E-state index contributed by atoms with van der Waals surface area (Å²) in [7, 11) is 0. The van der Waals surface area contributed by atoms with Gasteiger partial charge in [0.2, 0.25) is 0 Å². The molecule has 1 aromatic heterocycles. The lowest BCUT2D eigenvalue weighted by atomic mass is 10.6. The van der Waals surface area contributed by atoms with E-state index in [0.29, 0.717) is 0 Å². The summed E-state index contributed by atoms with van der Waals surface area (Å²) in [6.07, 6.45) is 5.64. The molecule has 15 heavy (non-hydrogen) atoms. The van der Waals surface area contributed by atoms with Gasteiger partial charge in [-0.3, -0.25) is 4.98 Å². The topological polar surface area (TPSA) is 76.9 Å². The van der Waals surface area contributed by atoms with Gasteiger partial charge in [0.1, 0.15) is 0 Å². The number of allylic oxidation sites excluding steroid dienone is 2. The van der Waals surface area contributed by atoms with Crippen molar-refractivity contribution in [2.45, 2.75) is 13.8 Å². The minimum absolute atomic E-state index is 0.694. The Hall–Kier alpha value is -2.11. The normalized spacial score (nSPS) is 11.6. The third kappa shape index (κ3) is 2.04. The zero-order valence-corrected chi connectivity index (χ0v) is 8.43. The molecule has 6 heteroatoms. The molecule has 0 radical (unpaired) electrons. The van der Waals surface area contributed by atoms with Crippen LogP contribution in [-0.2, 0) is 0 Å². The van der Waals surface area contributed by atoms with Gasteiger partial charge in [-0.15, -0.1) is 0 Å². The third-order valence-electron chi connectivity index (χ3n) is 1.66. The van der Waals surface area contributed by atoms with Crippen molar-refractivity contribution < 1.29 is 0 Å². The van der Waals surface area contributed by atoms with E-state index in [1.807, 2.05) is 4.98 Å². The first-order chi connectivity index (χ1) is 7.11. The minimum atomic E-state index is -0.746. The van der Waals surface area contributed by atoms with Gasteiger partial charge in [-0.2, -0.15) is 0 Å². The Labute approximate surface area is 84.8 Å². The molecule has 1 N–H and O–H groups in total. The molecule has 0 aliphatic carbocycles. The Morgan fingerprint density at radius 3 is 1.67 bits per heavy atom. The molecule has 0 aromatic carbocycles. The number of hydrogen-bond donors (Lipinski definition) is 1. The van der Waals surface area contributed by atoms with Crippen LogP contribution in [0.1, 0.15) is 13.8 Å². The highest BCUT2D eigenvalue weighted by Gasteiger charge is 2.04. The van der Waals surface area contributed by atoms with Crippen molar-refractivity contribution in [3.63, 3.8) is 0 Å². The molecule has 0 aliphatic heterocycles. The maximum absolute atomic E-state index is 11.6. The van der Waals surface area contributed by atoms with Gasteiger partial charge in [-0.05, 0) is 13.8 Å². The summed E-state index contributed by atoms with van der Waals surface area (Å²) in [6.45, 7) is 3.33. The van der Waals surface area contributed by atoms with Crippen LogP contribution in [0.15, 0.2) is 26.5 Å². The number of rotatable bonds is 2. The SMILES string of the molecule is C/C=C\n1c(=O)[nH]c(=O)n(/C=C\C)c1=O. The second kappa shape index (κ2) is 4.41. The molecule has 0 aliphatic rings. The van der Waals surface area contributed by atoms with Gasteiger partial charge < -0.3 is 0 Å². The molecule has 0 amide bonds. The first-order valence-electron chi connectivity index (χ1n) is 4.34. The van der Waals surface area contributed by atoms with Crippen molar-refractivity contribution in [2.75, 3.05) is 0 Å². The van der Waals surface area contributed by atoms with E-state index in [4.69, 9.17) is 0 Å². The van der Waals surface area contributed by atoms with E-state index in [-0.39, 0.29) is 0 Å². The lowest BCUT2D eigenvalue weighted by Crippen LogP contribution is -2.45. The lowest BCUT2D eigenvalue weighted by Gasteiger charge is -1.99. The Balaban J connectivity index is 3.72. The first-order valence-corrected chi connectivity index (χ1v) is 4.34. The highest BCUT2D eigenvalue weighted by Crippen LogP contribution is 1.75. The predicted molar refractivity (Wildman–Crippen MR) is 57.6 cm³/mol. The van der Waals surface area contributed by atoms with Gasteiger partial charge in [-0.25, -0.2) is 23.5 Å². The number of nitrogens with one attached hydrogen (secondary N) is 1. The van der Waals surface area contributed by atoms with Crippen LogP contribution in [0, 0.1) is 0 Å². The molecule has 0 bridgehead atoms. The fourth-order valence-corrected chi connectivity index (χ4v) is 1.06. The molecule has 6 nitrogen and oxygen atoms in total. The average molecular weight is 209 g/mol. The van der Waals surface area contributed by atoms with Gasteiger partial charge >= 0.3 is 17.1 Å². The molecule has 0 saturated heterocycles. The molecule has 0 spiro atoms. The zero-order valence-electron chi connectivity index (χ0n) is 8.43. The second-order valence-electron chi connectivity index (χ2n) is 2.72. The average Bonchev–Trinajstić information content (AvgIpc) is 2.19. The van der Waals surface area contributed by atoms with E-state index in [0.717, 1.165) is 9.13 Å². The largest absolute Gasteiger partial charge is 0.344 e. The minimum Gasteiger partial charge on any atom is -0.258 e. The summed E-state index contributed by atoms with van der Waals surface area (Å²) in [5, 5.41) is 0. The van der Waals surface area contributed by atoms with Crippen molar-refractivity contribution in [1.82, 2.24) is 14.1 Å². The number of hydrogen-bond acceptors (Lipinski definition) is 3. The quantitative estimate of drug-likeness (QED) is 0.725. The summed E-state index contributed by atoms with van der Waals surface area (Å²) in [5.41, 5.74) is -2.19. The van der Waals surface area contributed by atoms with E-state index in [2.05, 4.69) is 0 Å². The van der Waals surface area contributed by atoms with Crippen LogP contribution in [0.4, 0.5) is 0 Å². The van der Waals surface area contributed by atoms with Crippen molar-refractivity contribution in [3.8, 4) is 0 Å². The standard InChI is InChI=1S/C9H11N3O3/c1-3-5-11-7(13)10-8(14)12(6-4-2)9(11)15/h3-6H,1-2H3,(H,10,13,14)/b5-3-,6-4-. The highest BCUT2D eigenvalue weighted by atomic mass is 16.2. The van der Waals surface area contributed by atoms with Crippen LogP contribution in [0.5, 0.6) is 0 Å². The van der Waals surface area contributed by atoms with Crippen LogP contribution < -0.4 is 17.1 Å². The van der Waals surface area contributed by atoms with Crippen molar-refractivity contribution in [1.29, 1.82) is 0 Å². The smallest absolute Gasteiger partial charge is 0.258 e. The molecule has 80 valence electrons. The summed E-state index contributed by atoms with van der Waals surface area (Å²) < 4.78 is 1.64. The van der Waals surface area contributed by atoms with Crippen LogP contribution in [0.2, 0.25) is 0 Å². The number of aromatic amines is 1. The Bertz CT molecular complexity index is 524. The van der Waals surface area contributed by atoms with Crippen molar-refractivity contribution in [2.24, 2.45) is 0 Å². The monoisotopic (exact) mass is 209 g/mol. The van der Waals surface area contributed by atoms with E-state index in [1.54, 1.807) is 13.8 Å². The fraction of sp³-hybridized carbons (Fsp3) is 0.222. The van der Waals surface area contributed by atoms with Crippen LogP contribution >= 0.6 is 0 Å². The molecule has 1 heterocycles. The Morgan fingerprint density at radius 1 is 0.933 bits per heavy atom. The van der Waals surface area contributed by atoms with E-state index in [9.17, 15) is 14.4 Å². The molecule has 1 aromatic rings. The van der Waals surface area contributed by atoms with Gasteiger partial charge in [0, 0.05) is 12.4 Å². The summed E-state index contributed by atoms with van der Waals surface area (Å²) >= 11 is 0. The van der Waals surface area contributed by atoms with E-state index >= 15 is 0 Å². The van der Waals surface area contributed by atoms with Crippen LogP contribution in [0.25, 0.3) is 12.4 Å². The van der Waals surface area contributed by atoms with E-state index in [1.165, 1.54) is 24.6 Å². The molecule has 0 atom stereocenters. The van der Waals surface area contributed by atoms with E-state index < -0.39 is 17.1 Å². The van der Waals surface area contributed by atoms with Crippen LogP contribution in [0.3, 0.4) is 0 Å². The molecular formula is C9H11N3O3. The summed E-state index contributed by atoms with van der Waals surface area (Å²) in [4.78, 5) is 36.1. The van der Waals surface area contributed by atoms with Crippen molar-refractivity contribution in [3.05, 3.63) is 43.6 Å². The van der Waals surface area contributed by atoms with Crippen molar-refractivity contribution >= 4 is 12.4 Å². The number of aromatic nitrogens is 3. The Morgan fingerprint density at radius 2 is 1.33 bits per heavy atom. The molecule has 0 unspecified atom stereocenters. The number of H-pyrrole nitrogens is 1.